The van der Waals surface area contributed by atoms with Crippen molar-refractivity contribution >= 4 is 5.91 Å². The van der Waals surface area contributed by atoms with Gasteiger partial charge in [0.15, 0.2) is 0 Å². The van der Waals surface area contributed by atoms with Gasteiger partial charge in [0.2, 0.25) is 5.91 Å². The molecule has 0 aromatic heterocycles. The first-order valence-corrected chi connectivity index (χ1v) is 5.85. The molecule has 3 N–H and O–H groups in total. The zero-order chi connectivity index (χ0) is 11.3. The minimum Gasteiger partial charge on any atom is -0.341 e. The van der Waals surface area contributed by atoms with Gasteiger partial charge in [-0.05, 0) is 18.9 Å². The third kappa shape index (κ3) is 4.18. The SMILES string of the molecule is CC(C)C(N)CC(=O)N1CCCNCC1. The molecular formula is C11H23N3O. The van der Waals surface area contributed by atoms with E-state index < -0.39 is 0 Å². The lowest BCUT2D eigenvalue weighted by Gasteiger charge is -2.23. The van der Waals surface area contributed by atoms with E-state index in [1.165, 1.54) is 0 Å². The van der Waals surface area contributed by atoms with Crippen molar-refractivity contribution in [2.75, 3.05) is 26.2 Å². The Kier molecular flexibility index (Phi) is 5.05. The van der Waals surface area contributed by atoms with E-state index in [4.69, 9.17) is 5.73 Å². The van der Waals surface area contributed by atoms with E-state index >= 15 is 0 Å². The van der Waals surface area contributed by atoms with Gasteiger partial charge >= 0.3 is 0 Å². The van der Waals surface area contributed by atoms with Gasteiger partial charge in [0.05, 0.1) is 0 Å². The Morgan fingerprint density at radius 1 is 1.40 bits per heavy atom. The fraction of sp³-hybridized carbons (Fsp3) is 0.909. The Labute approximate surface area is 92.2 Å². The van der Waals surface area contributed by atoms with Crippen LogP contribution in [-0.2, 0) is 4.79 Å². The van der Waals surface area contributed by atoms with Gasteiger partial charge in [0.25, 0.3) is 0 Å². The summed E-state index contributed by atoms with van der Waals surface area (Å²) < 4.78 is 0. The second-order valence-electron chi connectivity index (χ2n) is 4.60. The molecule has 1 unspecified atom stereocenters. The van der Waals surface area contributed by atoms with Crippen LogP contribution in [-0.4, -0.2) is 43.0 Å². The summed E-state index contributed by atoms with van der Waals surface area (Å²) in [5.41, 5.74) is 5.90. The van der Waals surface area contributed by atoms with E-state index in [1.807, 2.05) is 4.90 Å². The largest absolute Gasteiger partial charge is 0.341 e. The van der Waals surface area contributed by atoms with E-state index in [2.05, 4.69) is 19.2 Å². The number of hydrogen-bond donors (Lipinski definition) is 2. The first kappa shape index (κ1) is 12.5. The molecule has 15 heavy (non-hydrogen) atoms. The summed E-state index contributed by atoms with van der Waals surface area (Å²) in [5, 5.41) is 3.28. The van der Waals surface area contributed by atoms with Gasteiger partial charge in [0, 0.05) is 32.1 Å². The average molecular weight is 213 g/mol. The molecular weight excluding hydrogens is 190 g/mol. The van der Waals surface area contributed by atoms with Crippen molar-refractivity contribution in [1.29, 1.82) is 0 Å². The Bertz CT molecular complexity index is 198. The summed E-state index contributed by atoms with van der Waals surface area (Å²) in [7, 11) is 0. The quantitative estimate of drug-likeness (QED) is 0.703. The minimum absolute atomic E-state index is 0.00582. The Hall–Kier alpha value is -0.610. The van der Waals surface area contributed by atoms with Gasteiger partial charge in [-0.15, -0.1) is 0 Å². The molecule has 1 rings (SSSR count). The third-order valence-corrected chi connectivity index (χ3v) is 2.96. The molecule has 88 valence electrons. The molecule has 1 aliphatic heterocycles. The number of rotatable bonds is 3. The maximum absolute atomic E-state index is 11.9. The van der Waals surface area contributed by atoms with Crippen molar-refractivity contribution in [1.82, 2.24) is 10.2 Å². The van der Waals surface area contributed by atoms with Crippen LogP contribution in [0, 0.1) is 5.92 Å². The van der Waals surface area contributed by atoms with E-state index in [0.29, 0.717) is 12.3 Å². The molecule has 4 nitrogen and oxygen atoms in total. The summed E-state index contributed by atoms with van der Waals surface area (Å²) in [6.07, 6.45) is 1.53. The molecule has 0 aliphatic carbocycles. The summed E-state index contributed by atoms with van der Waals surface area (Å²) in [4.78, 5) is 13.8. The molecule has 4 heteroatoms. The molecule has 1 atom stereocenters. The molecule has 1 fully saturated rings. The monoisotopic (exact) mass is 213 g/mol. The Morgan fingerprint density at radius 3 is 2.80 bits per heavy atom. The van der Waals surface area contributed by atoms with E-state index in [9.17, 15) is 4.79 Å². The van der Waals surface area contributed by atoms with E-state index in [-0.39, 0.29) is 11.9 Å². The van der Waals surface area contributed by atoms with E-state index in [0.717, 1.165) is 32.6 Å². The standard InChI is InChI=1S/C11H23N3O/c1-9(2)10(12)8-11(15)14-6-3-4-13-5-7-14/h9-10,13H,3-8,12H2,1-2H3. The lowest BCUT2D eigenvalue weighted by molar-refractivity contribution is -0.131. The van der Waals surface area contributed by atoms with Crippen molar-refractivity contribution < 1.29 is 4.79 Å². The van der Waals surface area contributed by atoms with Crippen LogP contribution >= 0.6 is 0 Å². The number of hydrogen-bond acceptors (Lipinski definition) is 3. The molecule has 0 radical (unpaired) electrons. The Morgan fingerprint density at radius 2 is 2.13 bits per heavy atom. The van der Waals surface area contributed by atoms with Crippen molar-refractivity contribution in [2.24, 2.45) is 11.7 Å². The van der Waals surface area contributed by atoms with Crippen molar-refractivity contribution in [3.63, 3.8) is 0 Å². The van der Waals surface area contributed by atoms with Gasteiger partial charge in [-0.1, -0.05) is 13.8 Å². The fourth-order valence-electron chi connectivity index (χ4n) is 1.66. The highest BCUT2D eigenvalue weighted by Crippen LogP contribution is 2.06. The molecule has 1 amide bonds. The second-order valence-corrected chi connectivity index (χ2v) is 4.60. The molecule has 0 aromatic carbocycles. The van der Waals surface area contributed by atoms with Gasteiger partial charge in [-0.3, -0.25) is 4.79 Å². The maximum atomic E-state index is 11.9. The highest BCUT2D eigenvalue weighted by molar-refractivity contribution is 5.76. The summed E-state index contributed by atoms with van der Waals surface area (Å²) in [6, 6.07) is -0.00582. The second kappa shape index (κ2) is 6.08. The zero-order valence-corrected chi connectivity index (χ0v) is 9.83. The lowest BCUT2D eigenvalue weighted by atomic mass is 10.0. The van der Waals surface area contributed by atoms with Crippen molar-refractivity contribution in [3.05, 3.63) is 0 Å². The maximum Gasteiger partial charge on any atom is 0.224 e. The van der Waals surface area contributed by atoms with E-state index in [1.54, 1.807) is 0 Å². The summed E-state index contributed by atoms with van der Waals surface area (Å²) in [5.74, 6) is 0.582. The molecule has 0 spiro atoms. The smallest absolute Gasteiger partial charge is 0.224 e. The van der Waals surface area contributed by atoms with Gasteiger partial charge in [-0.2, -0.15) is 0 Å². The first-order valence-electron chi connectivity index (χ1n) is 5.85. The zero-order valence-electron chi connectivity index (χ0n) is 9.83. The van der Waals surface area contributed by atoms with Crippen molar-refractivity contribution in [2.45, 2.75) is 32.7 Å². The van der Waals surface area contributed by atoms with Crippen LogP contribution in [0.3, 0.4) is 0 Å². The molecule has 0 bridgehead atoms. The van der Waals surface area contributed by atoms with Gasteiger partial charge in [-0.25, -0.2) is 0 Å². The first-order chi connectivity index (χ1) is 7.11. The fourth-order valence-corrected chi connectivity index (χ4v) is 1.66. The highest BCUT2D eigenvalue weighted by atomic mass is 16.2. The third-order valence-electron chi connectivity index (χ3n) is 2.96. The number of nitrogens with one attached hydrogen (secondary N) is 1. The number of nitrogens with zero attached hydrogens (tertiary/aromatic N) is 1. The normalized spacial score (nSPS) is 20.1. The molecule has 0 saturated carbocycles. The lowest BCUT2D eigenvalue weighted by Crippen LogP contribution is -2.39. The molecule has 1 aliphatic rings. The predicted molar refractivity (Wildman–Crippen MR) is 61.5 cm³/mol. The topological polar surface area (TPSA) is 58.4 Å². The summed E-state index contributed by atoms with van der Waals surface area (Å²) >= 11 is 0. The van der Waals surface area contributed by atoms with Crippen LogP contribution in [0.5, 0.6) is 0 Å². The van der Waals surface area contributed by atoms with Crippen LogP contribution < -0.4 is 11.1 Å². The molecule has 1 saturated heterocycles. The van der Waals surface area contributed by atoms with Gasteiger partial charge in [0.1, 0.15) is 0 Å². The minimum atomic E-state index is -0.00582. The number of carbonyl (C=O) groups excluding carboxylic acids is 1. The van der Waals surface area contributed by atoms with Crippen LogP contribution in [0.25, 0.3) is 0 Å². The van der Waals surface area contributed by atoms with Crippen LogP contribution in [0.15, 0.2) is 0 Å². The van der Waals surface area contributed by atoms with Crippen LogP contribution in [0.2, 0.25) is 0 Å². The summed E-state index contributed by atoms with van der Waals surface area (Å²) in [6.45, 7) is 7.73. The molecule has 0 aromatic rings. The van der Waals surface area contributed by atoms with Crippen LogP contribution in [0.4, 0.5) is 0 Å². The number of amides is 1. The highest BCUT2D eigenvalue weighted by Gasteiger charge is 2.19. The molecule has 1 heterocycles. The van der Waals surface area contributed by atoms with Crippen LogP contribution in [0.1, 0.15) is 26.7 Å². The average Bonchev–Trinajstić information content (AvgIpc) is 2.45. The van der Waals surface area contributed by atoms with Gasteiger partial charge < -0.3 is 16.0 Å². The number of nitrogens with two attached hydrogens (primary N) is 1. The number of carbonyl (C=O) groups is 1. The predicted octanol–water partition coefficient (Wildman–Crippen LogP) is 0.182. The van der Waals surface area contributed by atoms with Crippen molar-refractivity contribution in [3.8, 4) is 0 Å². The Balaban J connectivity index is 2.37.